The number of aryl methyl sites for hydroxylation is 1. The van der Waals surface area contributed by atoms with Crippen LogP contribution in [0.3, 0.4) is 0 Å². The first-order valence-corrected chi connectivity index (χ1v) is 11.7. The average molecular weight is 421 g/mol. The number of carbonyl (C=O) groups excluding carboxylic acids is 1. The number of carbonyl (C=O) groups is 1. The molecule has 5 nitrogen and oxygen atoms in total. The predicted octanol–water partition coefficient (Wildman–Crippen LogP) is 3.96. The van der Waals surface area contributed by atoms with E-state index in [9.17, 15) is 4.79 Å². The first-order chi connectivity index (χ1) is 14.7. The molecule has 3 heterocycles. The molecule has 0 aliphatic carbocycles. The van der Waals surface area contributed by atoms with Crippen LogP contribution in [-0.2, 0) is 17.6 Å². The standard InChI is InChI=1S/C24H28N4OS/c1-18(29)28-11-4-5-20-17-19(8-9-22(20)28)10-12-26-13-15-27(16-14-26)24-21-6-2-3-7-23(21)30-25-24/h2-3,6-9,17H,4-5,10-16H2,1H3. The largest absolute Gasteiger partial charge is 0.353 e. The second-order valence-corrected chi connectivity index (χ2v) is 9.12. The number of rotatable bonds is 4. The number of fused-ring (bicyclic) bond motifs is 2. The highest BCUT2D eigenvalue weighted by Gasteiger charge is 2.22. The summed E-state index contributed by atoms with van der Waals surface area (Å²) in [5, 5.41) is 1.28. The highest BCUT2D eigenvalue weighted by Crippen LogP contribution is 2.30. The Morgan fingerprint density at radius 2 is 1.90 bits per heavy atom. The Hall–Kier alpha value is -2.44. The van der Waals surface area contributed by atoms with Crippen LogP contribution in [0.4, 0.5) is 11.5 Å². The molecule has 1 saturated heterocycles. The molecule has 0 N–H and O–H groups in total. The van der Waals surface area contributed by atoms with E-state index in [0.29, 0.717) is 0 Å². The topological polar surface area (TPSA) is 39.7 Å². The van der Waals surface area contributed by atoms with Gasteiger partial charge >= 0.3 is 0 Å². The zero-order valence-corrected chi connectivity index (χ0v) is 18.3. The van der Waals surface area contributed by atoms with E-state index >= 15 is 0 Å². The molecule has 2 aliphatic rings. The summed E-state index contributed by atoms with van der Waals surface area (Å²) in [6.07, 6.45) is 3.20. The molecule has 0 saturated carbocycles. The molecule has 0 atom stereocenters. The summed E-state index contributed by atoms with van der Waals surface area (Å²) in [4.78, 5) is 18.8. The van der Waals surface area contributed by atoms with Gasteiger partial charge in [0.1, 0.15) is 5.82 Å². The molecule has 3 aromatic rings. The van der Waals surface area contributed by atoms with Crippen LogP contribution in [0.15, 0.2) is 42.5 Å². The highest BCUT2D eigenvalue weighted by atomic mass is 32.1. The number of aromatic nitrogens is 1. The summed E-state index contributed by atoms with van der Waals surface area (Å²) in [7, 11) is 0. The number of hydrogen-bond acceptors (Lipinski definition) is 5. The van der Waals surface area contributed by atoms with Gasteiger partial charge in [-0.2, -0.15) is 4.37 Å². The molecule has 0 spiro atoms. The third-order valence-corrected chi connectivity index (χ3v) is 7.21. The number of amides is 1. The monoisotopic (exact) mass is 420 g/mol. The van der Waals surface area contributed by atoms with Crippen LogP contribution in [0.1, 0.15) is 24.5 Å². The molecule has 30 heavy (non-hydrogen) atoms. The molecule has 0 unspecified atom stereocenters. The Bertz CT molecular complexity index is 1050. The fourth-order valence-corrected chi connectivity index (χ4v) is 5.50. The van der Waals surface area contributed by atoms with Crippen LogP contribution >= 0.6 is 11.5 Å². The summed E-state index contributed by atoms with van der Waals surface area (Å²) in [6.45, 7) is 7.82. The summed E-state index contributed by atoms with van der Waals surface area (Å²) < 4.78 is 5.99. The molecular formula is C24H28N4OS. The van der Waals surface area contributed by atoms with Crippen molar-refractivity contribution < 1.29 is 4.79 Å². The van der Waals surface area contributed by atoms with E-state index in [-0.39, 0.29) is 5.91 Å². The Morgan fingerprint density at radius 3 is 2.73 bits per heavy atom. The second kappa shape index (κ2) is 8.36. The fourth-order valence-electron chi connectivity index (χ4n) is 4.70. The van der Waals surface area contributed by atoms with Gasteiger partial charge in [-0.3, -0.25) is 9.69 Å². The third-order valence-electron chi connectivity index (χ3n) is 6.39. The maximum atomic E-state index is 11.9. The smallest absolute Gasteiger partial charge is 0.223 e. The highest BCUT2D eigenvalue weighted by molar-refractivity contribution is 7.13. The predicted molar refractivity (Wildman–Crippen MR) is 125 cm³/mol. The van der Waals surface area contributed by atoms with E-state index in [2.05, 4.69) is 52.3 Å². The van der Waals surface area contributed by atoms with Gasteiger partial charge in [-0.05, 0) is 60.1 Å². The van der Waals surface area contributed by atoms with Gasteiger partial charge in [-0.15, -0.1) is 0 Å². The maximum absolute atomic E-state index is 11.9. The van der Waals surface area contributed by atoms with E-state index in [1.807, 2.05) is 4.90 Å². The van der Waals surface area contributed by atoms with Crippen molar-refractivity contribution in [3.8, 4) is 0 Å². The lowest BCUT2D eigenvalue weighted by atomic mass is 9.98. The number of piperazine rings is 1. The molecule has 0 bridgehead atoms. The van der Waals surface area contributed by atoms with E-state index in [4.69, 9.17) is 4.37 Å². The van der Waals surface area contributed by atoms with E-state index in [0.717, 1.165) is 70.0 Å². The van der Waals surface area contributed by atoms with Crippen molar-refractivity contribution in [3.05, 3.63) is 53.6 Å². The van der Waals surface area contributed by atoms with Crippen LogP contribution < -0.4 is 9.80 Å². The molecule has 156 valence electrons. The fraction of sp³-hybridized carbons (Fsp3) is 0.417. The van der Waals surface area contributed by atoms with E-state index in [1.165, 1.54) is 21.2 Å². The first kappa shape index (κ1) is 19.5. The number of benzene rings is 2. The second-order valence-electron chi connectivity index (χ2n) is 8.32. The SMILES string of the molecule is CC(=O)N1CCCc2cc(CCN3CCN(c4nsc5ccccc45)CC3)ccc21. The van der Waals surface area contributed by atoms with Crippen molar-refractivity contribution in [3.63, 3.8) is 0 Å². The molecule has 2 aromatic carbocycles. The van der Waals surface area contributed by atoms with Crippen molar-refractivity contribution in [1.29, 1.82) is 0 Å². The zero-order valence-electron chi connectivity index (χ0n) is 17.5. The molecule has 5 rings (SSSR count). The van der Waals surface area contributed by atoms with Gasteiger partial charge in [-0.25, -0.2) is 0 Å². The molecule has 1 amide bonds. The van der Waals surface area contributed by atoms with Gasteiger partial charge in [0.2, 0.25) is 5.91 Å². The zero-order chi connectivity index (χ0) is 20.5. The summed E-state index contributed by atoms with van der Waals surface area (Å²) >= 11 is 1.60. The van der Waals surface area contributed by atoms with Gasteiger partial charge in [0.05, 0.1) is 4.70 Å². The normalized spacial score (nSPS) is 17.4. The number of anilines is 2. The number of hydrogen-bond donors (Lipinski definition) is 0. The van der Waals surface area contributed by atoms with Gasteiger partial charge < -0.3 is 9.80 Å². The average Bonchev–Trinajstić information content (AvgIpc) is 3.21. The van der Waals surface area contributed by atoms with Crippen molar-refractivity contribution in [2.24, 2.45) is 0 Å². The van der Waals surface area contributed by atoms with Crippen LogP contribution in [0, 0.1) is 0 Å². The van der Waals surface area contributed by atoms with E-state index in [1.54, 1.807) is 18.5 Å². The summed E-state index contributed by atoms with van der Waals surface area (Å²) in [5.41, 5.74) is 3.82. The first-order valence-electron chi connectivity index (χ1n) is 10.9. The Morgan fingerprint density at radius 1 is 1.07 bits per heavy atom. The molecular weight excluding hydrogens is 392 g/mol. The summed E-state index contributed by atoms with van der Waals surface area (Å²) in [5.74, 6) is 1.30. The van der Waals surface area contributed by atoms with Crippen molar-refractivity contribution >= 4 is 39.0 Å². The van der Waals surface area contributed by atoms with Gasteiger partial charge in [0.15, 0.2) is 0 Å². The number of nitrogens with zero attached hydrogens (tertiary/aromatic N) is 4. The minimum atomic E-state index is 0.148. The Balaban J connectivity index is 1.18. The molecule has 2 aliphatic heterocycles. The minimum Gasteiger partial charge on any atom is -0.353 e. The Labute approximate surface area is 182 Å². The van der Waals surface area contributed by atoms with Crippen LogP contribution in [0.5, 0.6) is 0 Å². The minimum absolute atomic E-state index is 0.148. The lowest BCUT2D eigenvalue weighted by molar-refractivity contribution is -0.116. The lowest BCUT2D eigenvalue weighted by Crippen LogP contribution is -2.47. The van der Waals surface area contributed by atoms with Crippen molar-refractivity contribution in [2.75, 3.05) is 49.1 Å². The Kier molecular flexibility index (Phi) is 5.44. The molecule has 0 radical (unpaired) electrons. The molecule has 1 aromatic heterocycles. The van der Waals surface area contributed by atoms with Crippen LogP contribution in [0.25, 0.3) is 10.1 Å². The molecule has 6 heteroatoms. The van der Waals surface area contributed by atoms with Crippen molar-refractivity contribution in [2.45, 2.75) is 26.2 Å². The third kappa shape index (κ3) is 3.82. The lowest BCUT2D eigenvalue weighted by Gasteiger charge is -2.35. The quantitative estimate of drug-likeness (QED) is 0.641. The van der Waals surface area contributed by atoms with Crippen LogP contribution in [0.2, 0.25) is 0 Å². The molecule has 1 fully saturated rings. The van der Waals surface area contributed by atoms with Crippen LogP contribution in [-0.4, -0.2) is 54.4 Å². The van der Waals surface area contributed by atoms with Gasteiger partial charge in [0, 0.05) is 57.3 Å². The maximum Gasteiger partial charge on any atom is 0.223 e. The van der Waals surface area contributed by atoms with E-state index < -0.39 is 0 Å². The van der Waals surface area contributed by atoms with Gasteiger partial charge in [-0.1, -0.05) is 24.3 Å². The summed E-state index contributed by atoms with van der Waals surface area (Å²) in [6, 6.07) is 15.2. The van der Waals surface area contributed by atoms with Crippen molar-refractivity contribution in [1.82, 2.24) is 9.27 Å². The van der Waals surface area contributed by atoms with Gasteiger partial charge in [0.25, 0.3) is 0 Å².